The maximum absolute atomic E-state index is 12.9. The topological polar surface area (TPSA) is 87.2 Å². The van der Waals surface area contributed by atoms with Gasteiger partial charge in [0.25, 0.3) is 5.91 Å². The van der Waals surface area contributed by atoms with Crippen LogP contribution in [0.2, 0.25) is 0 Å². The van der Waals surface area contributed by atoms with Gasteiger partial charge in [-0.3, -0.25) is 9.89 Å². The Labute approximate surface area is 175 Å². The summed E-state index contributed by atoms with van der Waals surface area (Å²) in [4.78, 5) is 25.4. The van der Waals surface area contributed by atoms with Gasteiger partial charge < -0.3 is 14.5 Å². The smallest absolute Gasteiger partial charge is 0.272 e. The summed E-state index contributed by atoms with van der Waals surface area (Å²) >= 11 is 0. The van der Waals surface area contributed by atoms with Crippen LogP contribution in [0.15, 0.2) is 48.8 Å². The Bertz CT molecular complexity index is 949. The van der Waals surface area contributed by atoms with Crippen LogP contribution in [0.1, 0.15) is 30.3 Å². The number of aromatic nitrogens is 4. The first-order valence-corrected chi connectivity index (χ1v) is 10.3. The molecule has 0 aliphatic carbocycles. The number of benzene rings is 1. The molecule has 1 aromatic carbocycles. The predicted molar refractivity (Wildman–Crippen MR) is 115 cm³/mol. The van der Waals surface area contributed by atoms with E-state index in [4.69, 9.17) is 4.74 Å². The van der Waals surface area contributed by atoms with E-state index >= 15 is 0 Å². The molecule has 1 saturated heterocycles. The van der Waals surface area contributed by atoms with Gasteiger partial charge >= 0.3 is 0 Å². The Balaban J connectivity index is 1.35. The first kappa shape index (κ1) is 19.9. The number of hydrogen-bond acceptors (Lipinski definition) is 6. The van der Waals surface area contributed by atoms with E-state index in [2.05, 4.69) is 32.0 Å². The summed E-state index contributed by atoms with van der Waals surface area (Å²) < 4.78 is 5.70. The molecule has 8 nitrogen and oxygen atoms in total. The zero-order chi connectivity index (χ0) is 20.8. The average molecular weight is 406 g/mol. The molecule has 8 heteroatoms. The third kappa shape index (κ3) is 4.59. The van der Waals surface area contributed by atoms with E-state index in [1.807, 2.05) is 35.2 Å². The van der Waals surface area contributed by atoms with Gasteiger partial charge in [0.15, 0.2) is 0 Å². The molecule has 3 aromatic rings. The van der Waals surface area contributed by atoms with Crippen LogP contribution in [0, 0.1) is 0 Å². The molecule has 0 unspecified atom stereocenters. The predicted octanol–water partition coefficient (Wildman–Crippen LogP) is 3.01. The molecule has 0 saturated carbocycles. The highest BCUT2D eigenvalue weighted by atomic mass is 16.5. The number of ether oxygens (including phenoxy) is 1. The summed E-state index contributed by atoms with van der Waals surface area (Å²) in [6.45, 7) is 5.51. The lowest BCUT2D eigenvalue weighted by molar-refractivity contribution is 0.0740. The number of nitrogens with zero attached hydrogens (tertiary/aromatic N) is 5. The first-order valence-electron chi connectivity index (χ1n) is 10.3. The third-order valence-electron chi connectivity index (χ3n) is 5.13. The molecule has 1 fully saturated rings. The van der Waals surface area contributed by atoms with Gasteiger partial charge in [0, 0.05) is 44.1 Å². The third-order valence-corrected chi connectivity index (χ3v) is 5.13. The van der Waals surface area contributed by atoms with Crippen molar-refractivity contribution in [2.24, 2.45) is 0 Å². The molecule has 156 valence electrons. The second-order valence-corrected chi connectivity index (χ2v) is 7.22. The highest BCUT2D eigenvalue weighted by Gasteiger charge is 2.24. The van der Waals surface area contributed by atoms with Crippen molar-refractivity contribution in [3.8, 4) is 17.0 Å². The quantitative estimate of drug-likeness (QED) is 0.607. The van der Waals surface area contributed by atoms with Crippen LogP contribution in [0.5, 0.6) is 5.75 Å². The number of hydrogen-bond donors (Lipinski definition) is 1. The van der Waals surface area contributed by atoms with Crippen LogP contribution >= 0.6 is 0 Å². The summed E-state index contributed by atoms with van der Waals surface area (Å²) in [7, 11) is 0. The highest BCUT2D eigenvalue weighted by molar-refractivity contribution is 5.93. The molecule has 30 heavy (non-hydrogen) atoms. The van der Waals surface area contributed by atoms with E-state index in [-0.39, 0.29) is 5.91 Å². The first-order chi connectivity index (χ1) is 14.7. The van der Waals surface area contributed by atoms with Gasteiger partial charge in [0.2, 0.25) is 5.95 Å². The van der Waals surface area contributed by atoms with E-state index in [0.717, 1.165) is 36.5 Å². The van der Waals surface area contributed by atoms with Crippen molar-refractivity contribution in [3.05, 3.63) is 54.5 Å². The minimum atomic E-state index is -0.0399. The van der Waals surface area contributed by atoms with E-state index in [1.54, 1.807) is 18.5 Å². The van der Waals surface area contributed by atoms with E-state index in [0.29, 0.717) is 37.8 Å². The SMILES string of the molecule is CCCCOc1ccc(-c2cc(C(=O)N3CCN(c4ncccn4)CC3)[nH]n2)cc1. The number of nitrogens with one attached hydrogen (secondary N) is 1. The van der Waals surface area contributed by atoms with Gasteiger partial charge in [0.05, 0.1) is 12.3 Å². The van der Waals surface area contributed by atoms with E-state index in [1.165, 1.54) is 0 Å². The van der Waals surface area contributed by atoms with Crippen LogP contribution in [0.3, 0.4) is 0 Å². The van der Waals surface area contributed by atoms with Crippen LogP contribution in [-0.2, 0) is 0 Å². The van der Waals surface area contributed by atoms with Gasteiger partial charge in [-0.25, -0.2) is 9.97 Å². The number of rotatable bonds is 7. The number of H-pyrrole nitrogens is 1. The fraction of sp³-hybridized carbons (Fsp3) is 0.364. The van der Waals surface area contributed by atoms with Crippen LogP contribution < -0.4 is 9.64 Å². The molecule has 1 aliphatic rings. The molecule has 0 bridgehead atoms. The Kier molecular flexibility index (Phi) is 6.22. The van der Waals surface area contributed by atoms with Gasteiger partial charge in [-0.2, -0.15) is 5.10 Å². The summed E-state index contributed by atoms with van der Waals surface area (Å²) in [6.07, 6.45) is 5.61. The average Bonchev–Trinajstić information content (AvgIpc) is 3.30. The van der Waals surface area contributed by atoms with E-state index < -0.39 is 0 Å². The largest absolute Gasteiger partial charge is 0.494 e. The highest BCUT2D eigenvalue weighted by Crippen LogP contribution is 2.22. The lowest BCUT2D eigenvalue weighted by atomic mass is 10.1. The van der Waals surface area contributed by atoms with Gasteiger partial charge in [-0.1, -0.05) is 13.3 Å². The standard InChI is InChI=1S/C22H26N6O2/c1-2-3-15-30-18-7-5-17(6-8-18)19-16-20(26-25-19)21(29)27-11-13-28(14-12-27)22-23-9-4-10-24-22/h4-10,16H,2-3,11-15H2,1H3,(H,25,26). The van der Waals surface area contributed by atoms with Crippen LogP contribution in [0.4, 0.5) is 5.95 Å². The Hall–Kier alpha value is -3.42. The molecule has 1 N–H and O–H groups in total. The minimum Gasteiger partial charge on any atom is -0.494 e. The van der Waals surface area contributed by atoms with Crippen molar-refractivity contribution < 1.29 is 9.53 Å². The van der Waals surface area contributed by atoms with E-state index in [9.17, 15) is 4.79 Å². The maximum Gasteiger partial charge on any atom is 0.272 e. The molecular formula is C22H26N6O2. The van der Waals surface area contributed by atoms with Crippen molar-refractivity contribution >= 4 is 11.9 Å². The number of aromatic amines is 1. The number of unbranched alkanes of at least 4 members (excludes halogenated alkanes) is 1. The summed E-state index contributed by atoms with van der Waals surface area (Å²) in [5.74, 6) is 1.51. The molecular weight excluding hydrogens is 380 g/mol. The zero-order valence-corrected chi connectivity index (χ0v) is 17.1. The van der Waals surface area contributed by atoms with Crippen LogP contribution in [-0.4, -0.2) is 63.8 Å². The number of carbonyl (C=O) groups is 1. The lowest BCUT2D eigenvalue weighted by Crippen LogP contribution is -2.49. The molecule has 0 atom stereocenters. The fourth-order valence-electron chi connectivity index (χ4n) is 3.37. The minimum absolute atomic E-state index is 0.0399. The lowest BCUT2D eigenvalue weighted by Gasteiger charge is -2.34. The molecule has 1 amide bonds. The van der Waals surface area contributed by atoms with Crippen molar-refractivity contribution in [1.29, 1.82) is 0 Å². The molecule has 2 aromatic heterocycles. The normalized spacial score (nSPS) is 14.0. The van der Waals surface area contributed by atoms with Crippen molar-refractivity contribution in [2.75, 3.05) is 37.7 Å². The number of piperazine rings is 1. The summed E-state index contributed by atoms with van der Waals surface area (Å²) in [6, 6.07) is 11.4. The maximum atomic E-state index is 12.9. The van der Waals surface area contributed by atoms with Gasteiger partial charge in [-0.15, -0.1) is 0 Å². The number of carbonyl (C=O) groups excluding carboxylic acids is 1. The second-order valence-electron chi connectivity index (χ2n) is 7.22. The molecule has 4 rings (SSSR count). The second kappa shape index (κ2) is 9.39. The molecule has 3 heterocycles. The van der Waals surface area contributed by atoms with Gasteiger partial charge in [-0.05, 0) is 42.8 Å². The number of amides is 1. The zero-order valence-electron chi connectivity index (χ0n) is 17.1. The monoisotopic (exact) mass is 406 g/mol. The molecule has 0 spiro atoms. The Morgan fingerprint density at radius 3 is 2.53 bits per heavy atom. The Morgan fingerprint density at radius 2 is 1.83 bits per heavy atom. The Morgan fingerprint density at radius 1 is 1.10 bits per heavy atom. The summed E-state index contributed by atoms with van der Waals surface area (Å²) in [5.41, 5.74) is 2.19. The summed E-state index contributed by atoms with van der Waals surface area (Å²) in [5, 5.41) is 7.22. The molecule has 0 radical (unpaired) electrons. The van der Waals surface area contributed by atoms with Crippen molar-refractivity contribution in [2.45, 2.75) is 19.8 Å². The van der Waals surface area contributed by atoms with Crippen LogP contribution in [0.25, 0.3) is 11.3 Å². The van der Waals surface area contributed by atoms with Gasteiger partial charge in [0.1, 0.15) is 11.4 Å². The fourth-order valence-corrected chi connectivity index (χ4v) is 3.37. The molecule has 1 aliphatic heterocycles. The van der Waals surface area contributed by atoms with Crippen molar-refractivity contribution in [1.82, 2.24) is 25.1 Å². The van der Waals surface area contributed by atoms with Crippen molar-refractivity contribution in [3.63, 3.8) is 0 Å². The number of anilines is 1.